The van der Waals surface area contributed by atoms with E-state index in [9.17, 15) is 4.79 Å². The van der Waals surface area contributed by atoms with Gasteiger partial charge in [0.1, 0.15) is 11.4 Å². The highest BCUT2D eigenvalue weighted by molar-refractivity contribution is 5.94. The fraction of sp³-hybridized carbons (Fsp3) is 0.417. The van der Waals surface area contributed by atoms with E-state index in [-0.39, 0.29) is 11.5 Å². The van der Waals surface area contributed by atoms with Gasteiger partial charge in [0, 0.05) is 12.6 Å². The molecule has 82 valence electrons. The Morgan fingerprint density at radius 1 is 1.33 bits per heavy atom. The van der Waals surface area contributed by atoms with Crippen LogP contribution in [0, 0.1) is 0 Å². The highest BCUT2D eigenvalue weighted by Gasteiger charge is 2.12. The number of carbonyl (C=O) groups is 1. The summed E-state index contributed by atoms with van der Waals surface area (Å²) in [7, 11) is 1.61. The number of carbonyl (C=O) groups excluding carboxylic acids is 1. The average molecular weight is 207 g/mol. The first-order valence-electron chi connectivity index (χ1n) is 4.93. The summed E-state index contributed by atoms with van der Waals surface area (Å²) in [4.78, 5) is 11.4. The fourth-order valence-electron chi connectivity index (χ4n) is 1.20. The Hall–Kier alpha value is -1.51. The van der Waals surface area contributed by atoms with Crippen molar-refractivity contribution in [1.82, 2.24) is 5.32 Å². The molecule has 1 N–H and O–H groups in total. The molecular weight excluding hydrogens is 190 g/mol. The van der Waals surface area contributed by atoms with Crippen molar-refractivity contribution in [2.24, 2.45) is 0 Å². The molecule has 0 fully saturated rings. The third-order valence-electron chi connectivity index (χ3n) is 1.75. The second-order valence-corrected chi connectivity index (χ2v) is 4.32. The van der Waals surface area contributed by atoms with Gasteiger partial charge in [-0.05, 0) is 39.0 Å². The molecule has 3 heteroatoms. The van der Waals surface area contributed by atoms with Crippen LogP contribution in [-0.4, -0.2) is 18.6 Å². The largest absolute Gasteiger partial charge is 0.488 e. The lowest BCUT2D eigenvalue weighted by Gasteiger charge is -2.21. The van der Waals surface area contributed by atoms with Crippen molar-refractivity contribution < 1.29 is 9.53 Å². The van der Waals surface area contributed by atoms with Crippen molar-refractivity contribution in [3.63, 3.8) is 0 Å². The van der Waals surface area contributed by atoms with Gasteiger partial charge in [-0.1, -0.05) is 6.07 Å². The van der Waals surface area contributed by atoms with Gasteiger partial charge < -0.3 is 10.1 Å². The summed E-state index contributed by atoms with van der Waals surface area (Å²) in [6.07, 6.45) is 0. The predicted molar refractivity (Wildman–Crippen MR) is 60.2 cm³/mol. The molecule has 0 bridgehead atoms. The molecule has 0 aliphatic rings. The number of amides is 1. The third kappa shape index (κ3) is 3.62. The highest BCUT2D eigenvalue weighted by atomic mass is 16.5. The molecule has 0 aliphatic heterocycles. The van der Waals surface area contributed by atoms with Crippen LogP contribution in [0.2, 0.25) is 0 Å². The maximum atomic E-state index is 11.4. The zero-order valence-electron chi connectivity index (χ0n) is 9.63. The Morgan fingerprint density at radius 3 is 2.53 bits per heavy atom. The van der Waals surface area contributed by atoms with Crippen LogP contribution in [0.3, 0.4) is 0 Å². The molecule has 0 saturated heterocycles. The summed E-state index contributed by atoms with van der Waals surface area (Å²) in [5.41, 5.74) is 0.362. The normalized spacial score (nSPS) is 10.9. The van der Waals surface area contributed by atoms with Gasteiger partial charge in [-0.3, -0.25) is 4.79 Å². The second kappa shape index (κ2) is 4.34. The molecule has 3 nitrogen and oxygen atoms in total. The minimum absolute atomic E-state index is 0.102. The van der Waals surface area contributed by atoms with Crippen LogP contribution < -0.4 is 10.1 Å². The van der Waals surface area contributed by atoms with Gasteiger partial charge >= 0.3 is 0 Å². The van der Waals surface area contributed by atoms with Crippen molar-refractivity contribution in [1.29, 1.82) is 0 Å². The first kappa shape index (κ1) is 11.6. The smallest absolute Gasteiger partial charge is 0.251 e. The van der Waals surface area contributed by atoms with Gasteiger partial charge in [0.25, 0.3) is 5.91 Å². The maximum absolute atomic E-state index is 11.4. The van der Waals surface area contributed by atoms with E-state index >= 15 is 0 Å². The van der Waals surface area contributed by atoms with E-state index in [4.69, 9.17) is 4.74 Å². The third-order valence-corrected chi connectivity index (χ3v) is 1.75. The van der Waals surface area contributed by atoms with E-state index in [2.05, 4.69) is 5.32 Å². The standard InChI is InChI=1S/C12H17NO2/c1-12(2,3)15-10-7-5-6-9(8-10)11(14)13-4/h5-8H,1-4H3,(H,13,14). The van der Waals surface area contributed by atoms with Gasteiger partial charge in [-0.2, -0.15) is 0 Å². The summed E-state index contributed by atoms with van der Waals surface area (Å²) in [6.45, 7) is 5.92. The fourth-order valence-corrected chi connectivity index (χ4v) is 1.20. The summed E-state index contributed by atoms with van der Waals surface area (Å²) >= 11 is 0. The van der Waals surface area contributed by atoms with Gasteiger partial charge in [-0.15, -0.1) is 0 Å². The lowest BCUT2D eigenvalue weighted by Crippen LogP contribution is -2.23. The van der Waals surface area contributed by atoms with Gasteiger partial charge in [0.15, 0.2) is 0 Å². The number of nitrogens with one attached hydrogen (secondary N) is 1. The van der Waals surface area contributed by atoms with Gasteiger partial charge in [0.05, 0.1) is 0 Å². The minimum Gasteiger partial charge on any atom is -0.488 e. The molecule has 1 aromatic rings. The molecule has 0 radical (unpaired) electrons. The Bertz CT molecular complexity index is 353. The number of hydrogen-bond donors (Lipinski definition) is 1. The lowest BCUT2D eigenvalue weighted by molar-refractivity contribution is 0.0960. The molecule has 1 rings (SSSR count). The first-order chi connectivity index (χ1) is 6.92. The second-order valence-electron chi connectivity index (χ2n) is 4.32. The van der Waals surface area contributed by atoms with E-state index in [0.717, 1.165) is 0 Å². The Balaban J connectivity index is 2.88. The summed E-state index contributed by atoms with van der Waals surface area (Å²) < 4.78 is 5.66. The quantitative estimate of drug-likeness (QED) is 0.807. The predicted octanol–water partition coefficient (Wildman–Crippen LogP) is 2.22. The number of rotatable bonds is 2. The molecule has 0 heterocycles. The van der Waals surface area contributed by atoms with Crippen LogP contribution in [0.15, 0.2) is 24.3 Å². The molecule has 0 spiro atoms. The van der Waals surface area contributed by atoms with Gasteiger partial charge in [-0.25, -0.2) is 0 Å². The Morgan fingerprint density at radius 2 is 2.00 bits per heavy atom. The molecule has 0 atom stereocenters. The molecule has 0 unspecified atom stereocenters. The van der Waals surface area contributed by atoms with E-state index in [1.54, 1.807) is 19.2 Å². The zero-order valence-corrected chi connectivity index (χ0v) is 9.63. The average Bonchev–Trinajstić information content (AvgIpc) is 2.14. The van der Waals surface area contributed by atoms with Crippen molar-refractivity contribution in [3.05, 3.63) is 29.8 Å². The molecular formula is C12H17NO2. The lowest BCUT2D eigenvalue weighted by atomic mass is 10.1. The molecule has 0 aliphatic carbocycles. The molecule has 1 amide bonds. The van der Waals surface area contributed by atoms with Crippen LogP contribution >= 0.6 is 0 Å². The van der Waals surface area contributed by atoms with Crippen LogP contribution in [0.1, 0.15) is 31.1 Å². The maximum Gasteiger partial charge on any atom is 0.251 e. The summed E-state index contributed by atoms with van der Waals surface area (Å²) in [6, 6.07) is 7.15. The molecule has 1 aromatic carbocycles. The molecule has 0 saturated carbocycles. The van der Waals surface area contributed by atoms with Crippen LogP contribution in [0.25, 0.3) is 0 Å². The number of hydrogen-bond acceptors (Lipinski definition) is 2. The topological polar surface area (TPSA) is 38.3 Å². The summed E-state index contributed by atoms with van der Waals surface area (Å²) in [5.74, 6) is 0.609. The number of benzene rings is 1. The molecule has 15 heavy (non-hydrogen) atoms. The van der Waals surface area contributed by atoms with Crippen molar-refractivity contribution in [2.45, 2.75) is 26.4 Å². The Kier molecular flexibility index (Phi) is 3.35. The minimum atomic E-state index is -0.249. The molecule has 0 aromatic heterocycles. The van der Waals surface area contributed by atoms with E-state index in [0.29, 0.717) is 11.3 Å². The van der Waals surface area contributed by atoms with Crippen molar-refractivity contribution in [2.75, 3.05) is 7.05 Å². The van der Waals surface area contributed by atoms with Crippen LogP contribution in [-0.2, 0) is 0 Å². The van der Waals surface area contributed by atoms with Crippen LogP contribution in [0.4, 0.5) is 0 Å². The number of ether oxygens (including phenoxy) is 1. The van der Waals surface area contributed by atoms with Crippen LogP contribution in [0.5, 0.6) is 5.75 Å². The SMILES string of the molecule is CNC(=O)c1cccc(OC(C)(C)C)c1. The van der Waals surface area contributed by atoms with E-state index < -0.39 is 0 Å². The van der Waals surface area contributed by atoms with E-state index in [1.807, 2.05) is 32.9 Å². The van der Waals surface area contributed by atoms with Crippen molar-refractivity contribution >= 4 is 5.91 Å². The monoisotopic (exact) mass is 207 g/mol. The summed E-state index contributed by atoms with van der Waals surface area (Å²) in [5, 5.41) is 2.58. The van der Waals surface area contributed by atoms with Gasteiger partial charge in [0.2, 0.25) is 0 Å². The highest BCUT2D eigenvalue weighted by Crippen LogP contribution is 2.19. The van der Waals surface area contributed by atoms with Crippen molar-refractivity contribution in [3.8, 4) is 5.75 Å². The Labute approximate surface area is 90.4 Å². The first-order valence-corrected chi connectivity index (χ1v) is 4.93. The van der Waals surface area contributed by atoms with E-state index in [1.165, 1.54) is 0 Å². The zero-order chi connectivity index (χ0) is 11.5.